The topological polar surface area (TPSA) is 80.7 Å². The molecule has 0 aliphatic rings. The summed E-state index contributed by atoms with van der Waals surface area (Å²) in [6.45, 7) is 2.49. The third-order valence-corrected chi connectivity index (χ3v) is 5.39. The van der Waals surface area contributed by atoms with E-state index in [9.17, 15) is 18.0 Å². The minimum Gasteiger partial charge on any atom is -0.482 e. The second kappa shape index (κ2) is 11.7. The number of hydrogen-bond acceptors (Lipinski definition) is 5. The van der Waals surface area contributed by atoms with Crippen LogP contribution in [0.3, 0.4) is 0 Å². The zero-order valence-electron chi connectivity index (χ0n) is 19.5. The van der Waals surface area contributed by atoms with E-state index in [-0.39, 0.29) is 0 Å². The Morgan fingerprint density at radius 1 is 1.06 bits per heavy atom. The van der Waals surface area contributed by atoms with E-state index in [0.29, 0.717) is 36.6 Å². The fraction of sp³-hybridized carbons (Fsp3) is 0.308. The average Bonchev–Trinajstić information content (AvgIpc) is 2.82. The molecule has 2 aromatic carbocycles. The number of benzene rings is 2. The SMILES string of the molecule is COCCCc1cc(NCc2ccc(-c3ccc(C(F)(F)F)cc3)nc2C)ccc1OCC(=O)O. The van der Waals surface area contributed by atoms with Crippen molar-refractivity contribution in [3.05, 3.63) is 77.0 Å². The first-order chi connectivity index (χ1) is 16.7. The highest BCUT2D eigenvalue weighted by atomic mass is 19.4. The van der Waals surface area contributed by atoms with Gasteiger partial charge in [-0.15, -0.1) is 0 Å². The van der Waals surface area contributed by atoms with E-state index in [1.807, 2.05) is 25.1 Å². The van der Waals surface area contributed by atoms with Gasteiger partial charge in [-0.25, -0.2) is 4.79 Å². The van der Waals surface area contributed by atoms with Gasteiger partial charge in [0.25, 0.3) is 0 Å². The highest BCUT2D eigenvalue weighted by Crippen LogP contribution is 2.31. The van der Waals surface area contributed by atoms with Crippen LogP contribution in [0.4, 0.5) is 18.9 Å². The number of anilines is 1. The molecule has 0 aliphatic carbocycles. The van der Waals surface area contributed by atoms with Crippen LogP contribution in [0.1, 0.15) is 28.8 Å². The van der Waals surface area contributed by atoms with E-state index < -0.39 is 24.3 Å². The third kappa shape index (κ3) is 7.45. The van der Waals surface area contributed by atoms with Gasteiger partial charge in [-0.05, 0) is 67.3 Å². The second-order valence-corrected chi connectivity index (χ2v) is 7.97. The van der Waals surface area contributed by atoms with Crippen LogP contribution in [0, 0.1) is 6.92 Å². The van der Waals surface area contributed by atoms with Crippen molar-refractivity contribution in [1.29, 1.82) is 0 Å². The number of ether oxygens (including phenoxy) is 2. The number of nitrogens with zero attached hydrogens (tertiary/aromatic N) is 1. The van der Waals surface area contributed by atoms with E-state index in [0.717, 1.165) is 41.1 Å². The van der Waals surface area contributed by atoms with Crippen LogP contribution in [-0.4, -0.2) is 36.4 Å². The summed E-state index contributed by atoms with van der Waals surface area (Å²) < 4.78 is 48.9. The van der Waals surface area contributed by atoms with Crippen LogP contribution in [0.5, 0.6) is 5.75 Å². The van der Waals surface area contributed by atoms with Crippen LogP contribution in [0.25, 0.3) is 11.3 Å². The van der Waals surface area contributed by atoms with Crippen LogP contribution in [0.15, 0.2) is 54.6 Å². The molecule has 0 radical (unpaired) electrons. The van der Waals surface area contributed by atoms with Crippen molar-refractivity contribution < 1.29 is 32.5 Å². The standard InChI is InChI=1S/C26H27F3N2O4/c1-17-20(7-11-23(31-17)18-5-8-21(9-6-18)26(27,28)29)15-30-22-10-12-24(35-16-25(32)33)19(14-22)4-3-13-34-2/h5-12,14,30H,3-4,13,15-16H2,1-2H3,(H,32,33). The number of rotatable bonds is 11. The summed E-state index contributed by atoms with van der Waals surface area (Å²) in [6.07, 6.45) is -2.94. The Bertz CT molecular complexity index is 1150. The molecule has 1 heterocycles. The molecule has 0 aliphatic heterocycles. The number of hydrogen-bond donors (Lipinski definition) is 2. The van der Waals surface area contributed by atoms with Crippen LogP contribution in [-0.2, 0) is 28.7 Å². The van der Waals surface area contributed by atoms with Crippen LogP contribution in [0.2, 0.25) is 0 Å². The van der Waals surface area contributed by atoms with Gasteiger partial charge in [-0.2, -0.15) is 13.2 Å². The molecule has 3 rings (SSSR count). The van der Waals surface area contributed by atoms with Crippen molar-refractivity contribution in [3.8, 4) is 17.0 Å². The predicted octanol–water partition coefficient (Wildman–Crippen LogP) is 5.73. The van der Waals surface area contributed by atoms with Gasteiger partial charge < -0.3 is 19.9 Å². The number of nitrogens with one attached hydrogen (secondary N) is 1. The number of carboxylic acid groups (broad SMARTS) is 1. The number of aryl methyl sites for hydroxylation is 2. The van der Waals surface area contributed by atoms with Gasteiger partial charge in [0.15, 0.2) is 6.61 Å². The smallest absolute Gasteiger partial charge is 0.416 e. The van der Waals surface area contributed by atoms with Gasteiger partial charge in [0.2, 0.25) is 0 Å². The molecule has 0 bridgehead atoms. The Labute approximate surface area is 201 Å². The van der Waals surface area contributed by atoms with E-state index in [4.69, 9.17) is 14.6 Å². The molecular weight excluding hydrogens is 461 g/mol. The van der Waals surface area contributed by atoms with Crippen molar-refractivity contribution in [2.24, 2.45) is 0 Å². The summed E-state index contributed by atoms with van der Waals surface area (Å²) in [7, 11) is 1.62. The normalized spacial score (nSPS) is 11.3. The monoisotopic (exact) mass is 488 g/mol. The first kappa shape index (κ1) is 26.0. The van der Waals surface area contributed by atoms with E-state index in [2.05, 4.69) is 10.3 Å². The maximum atomic E-state index is 12.8. The molecule has 0 fully saturated rings. The third-order valence-electron chi connectivity index (χ3n) is 5.39. The average molecular weight is 489 g/mol. The van der Waals surface area contributed by atoms with E-state index >= 15 is 0 Å². The molecular formula is C26H27F3N2O4. The number of carboxylic acids is 1. The number of methoxy groups -OCH3 is 1. The lowest BCUT2D eigenvalue weighted by atomic mass is 10.1. The summed E-state index contributed by atoms with van der Waals surface area (Å²) in [5, 5.41) is 12.2. The van der Waals surface area contributed by atoms with E-state index in [1.54, 1.807) is 19.2 Å². The highest BCUT2D eigenvalue weighted by molar-refractivity contribution is 5.68. The lowest BCUT2D eigenvalue weighted by molar-refractivity contribution is -0.139. The summed E-state index contributed by atoms with van der Waals surface area (Å²) in [5.74, 6) is -0.523. The van der Waals surface area contributed by atoms with Gasteiger partial charge in [0.05, 0.1) is 11.3 Å². The quantitative estimate of drug-likeness (QED) is 0.336. The molecule has 1 aromatic heterocycles. The molecule has 0 unspecified atom stereocenters. The van der Waals surface area contributed by atoms with Crippen LogP contribution < -0.4 is 10.1 Å². The molecule has 0 saturated carbocycles. The first-order valence-corrected chi connectivity index (χ1v) is 11.0. The Balaban J connectivity index is 1.70. The van der Waals surface area contributed by atoms with Crippen molar-refractivity contribution in [1.82, 2.24) is 4.98 Å². The first-order valence-electron chi connectivity index (χ1n) is 11.0. The van der Waals surface area contributed by atoms with Crippen molar-refractivity contribution in [2.45, 2.75) is 32.5 Å². The molecule has 9 heteroatoms. The number of carbonyl (C=O) groups is 1. The fourth-order valence-corrected chi connectivity index (χ4v) is 3.54. The molecule has 3 aromatic rings. The summed E-state index contributed by atoms with van der Waals surface area (Å²) in [4.78, 5) is 15.4. The maximum Gasteiger partial charge on any atom is 0.416 e. The largest absolute Gasteiger partial charge is 0.482 e. The van der Waals surface area contributed by atoms with Crippen LogP contribution >= 0.6 is 0 Å². The van der Waals surface area contributed by atoms with Gasteiger partial charge in [0.1, 0.15) is 5.75 Å². The van der Waals surface area contributed by atoms with Crippen molar-refractivity contribution in [3.63, 3.8) is 0 Å². The molecule has 0 spiro atoms. The molecule has 186 valence electrons. The molecule has 0 atom stereocenters. The number of halogens is 3. The lowest BCUT2D eigenvalue weighted by Gasteiger charge is -2.14. The Morgan fingerprint density at radius 3 is 2.43 bits per heavy atom. The molecule has 0 saturated heterocycles. The number of pyridine rings is 1. The minimum absolute atomic E-state index is 0.416. The Hall–Kier alpha value is -3.59. The zero-order valence-corrected chi connectivity index (χ0v) is 19.5. The van der Waals surface area contributed by atoms with Gasteiger partial charge in [-0.3, -0.25) is 4.98 Å². The number of alkyl halides is 3. The maximum absolute atomic E-state index is 12.8. The minimum atomic E-state index is -4.37. The second-order valence-electron chi connectivity index (χ2n) is 7.97. The zero-order chi connectivity index (χ0) is 25.4. The van der Waals surface area contributed by atoms with E-state index in [1.165, 1.54) is 12.1 Å². The van der Waals surface area contributed by atoms with Gasteiger partial charge >= 0.3 is 12.1 Å². The number of aromatic nitrogens is 1. The Morgan fingerprint density at radius 2 is 1.80 bits per heavy atom. The predicted molar refractivity (Wildman–Crippen MR) is 127 cm³/mol. The van der Waals surface area contributed by atoms with Crippen molar-refractivity contribution >= 4 is 11.7 Å². The lowest BCUT2D eigenvalue weighted by Crippen LogP contribution is -2.11. The molecule has 2 N–H and O–H groups in total. The molecule has 0 amide bonds. The summed E-state index contributed by atoms with van der Waals surface area (Å²) >= 11 is 0. The summed E-state index contributed by atoms with van der Waals surface area (Å²) in [6, 6.07) is 14.1. The molecule has 6 nitrogen and oxygen atoms in total. The van der Waals surface area contributed by atoms with Crippen molar-refractivity contribution in [2.75, 3.05) is 25.6 Å². The highest BCUT2D eigenvalue weighted by Gasteiger charge is 2.30. The fourth-order valence-electron chi connectivity index (χ4n) is 3.54. The Kier molecular flexibility index (Phi) is 8.70. The van der Waals surface area contributed by atoms with Gasteiger partial charge in [-0.1, -0.05) is 18.2 Å². The van der Waals surface area contributed by atoms with Gasteiger partial charge in [0, 0.05) is 37.2 Å². The molecule has 35 heavy (non-hydrogen) atoms. The number of aliphatic carboxylic acids is 1. The summed E-state index contributed by atoms with van der Waals surface area (Å²) in [5.41, 5.74) is 3.93.